The fourth-order valence-corrected chi connectivity index (χ4v) is 2.50. The molecule has 0 aliphatic rings. The lowest BCUT2D eigenvalue weighted by atomic mass is 9.95. The summed E-state index contributed by atoms with van der Waals surface area (Å²) in [4.78, 5) is 0. The van der Waals surface area contributed by atoms with Crippen LogP contribution in [0.2, 0.25) is 0 Å². The number of benzene rings is 2. The molecule has 0 unspecified atom stereocenters. The highest BCUT2D eigenvalue weighted by atomic mass is 16.5. The van der Waals surface area contributed by atoms with Crippen molar-refractivity contribution in [1.29, 1.82) is 0 Å². The van der Waals surface area contributed by atoms with Gasteiger partial charge in [-0.3, -0.25) is 0 Å². The maximum absolute atomic E-state index is 10.5. The van der Waals surface area contributed by atoms with Crippen molar-refractivity contribution < 1.29 is 19.3 Å². The van der Waals surface area contributed by atoms with Crippen LogP contribution >= 0.6 is 0 Å². The van der Waals surface area contributed by atoms with Crippen molar-refractivity contribution in [3.8, 4) is 17.2 Å². The topological polar surface area (TPSA) is 73.9 Å². The van der Waals surface area contributed by atoms with Crippen molar-refractivity contribution in [2.24, 2.45) is 5.73 Å². The molecule has 0 spiro atoms. The zero-order valence-corrected chi connectivity index (χ0v) is 13.7. The first-order valence-electron chi connectivity index (χ1n) is 7.38. The number of aliphatic hydroxyl groups excluding tert-OH is 1. The zero-order valence-electron chi connectivity index (χ0n) is 13.7. The normalized spacial score (nSPS) is 13.3. The van der Waals surface area contributed by atoms with Gasteiger partial charge in [0.05, 0.1) is 33.5 Å². The summed E-state index contributed by atoms with van der Waals surface area (Å²) in [5, 5.41) is 10.5. The first kappa shape index (κ1) is 17.1. The van der Waals surface area contributed by atoms with Crippen LogP contribution in [-0.4, -0.2) is 32.5 Å². The quantitative estimate of drug-likeness (QED) is 0.820. The molecule has 0 aromatic heterocycles. The molecule has 0 saturated heterocycles. The summed E-state index contributed by atoms with van der Waals surface area (Å²) in [5.74, 6) is 1.66. The molecule has 0 amide bonds. The monoisotopic (exact) mass is 317 g/mol. The summed E-state index contributed by atoms with van der Waals surface area (Å²) in [5.41, 5.74) is 7.95. The Morgan fingerprint density at radius 2 is 1.48 bits per heavy atom. The summed E-state index contributed by atoms with van der Waals surface area (Å²) < 4.78 is 16.0. The van der Waals surface area contributed by atoms with Gasteiger partial charge in [0.25, 0.3) is 0 Å². The van der Waals surface area contributed by atoms with Crippen LogP contribution < -0.4 is 19.9 Å². The second kappa shape index (κ2) is 7.85. The minimum Gasteiger partial charge on any atom is -0.496 e. The van der Waals surface area contributed by atoms with E-state index < -0.39 is 12.1 Å². The van der Waals surface area contributed by atoms with E-state index in [0.717, 1.165) is 5.56 Å². The SMILES string of the molecule is COc1cc(OC)c([C@H](N)[C@H](O)Cc2ccccc2)cc1OC. The lowest BCUT2D eigenvalue weighted by molar-refractivity contribution is 0.143. The first-order chi connectivity index (χ1) is 11.1. The molecule has 2 aromatic rings. The number of hydrogen-bond donors (Lipinski definition) is 2. The Labute approximate surface area is 136 Å². The molecule has 3 N–H and O–H groups in total. The third kappa shape index (κ3) is 3.94. The van der Waals surface area contributed by atoms with Gasteiger partial charge in [-0.2, -0.15) is 0 Å². The summed E-state index contributed by atoms with van der Waals surface area (Å²) >= 11 is 0. The van der Waals surface area contributed by atoms with Crippen LogP contribution in [0.25, 0.3) is 0 Å². The van der Waals surface area contributed by atoms with E-state index in [9.17, 15) is 5.11 Å². The number of aliphatic hydroxyl groups is 1. The number of ether oxygens (including phenoxy) is 3. The molecule has 0 bridgehead atoms. The van der Waals surface area contributed by atoms with E-state index in [0.29, 0.717) is 29.2 Å². The Morgan fingerprint density at radius 3 is 2.04 bits per heavy atom. The van der Waals surface area contributed by atoms with Gasteiger partial charge >= 0.3 is 0 Å². The molecule has 2 atom stereocenters. The van der Waals surface area contributed by atoms with Crippen molar-refractivity contribution in [3.63, 3.8) is 0 Å². The predicted octanol–water partition coefficient (Wildman–Crippen LogP) is 2.32. The zero-order chi connectivity index (χ0) is 16.8. The summed E-state index contributed by atoms with van der Waals surface area (Å²) in [7, 11) is 4.67. The number of nitrogens with two attached hydrogens (primary N) is 1. The summed E-state index contributed by atoms with van der Waals surface area (Å²) in [6.45, 7) is 0. The van der Waals surface area contributed by atoms with Crippen molar-refractivity contribution in [3.05, 3.63) is 53.6 Å². The molecule has 0 aliphatic carbocycles. The Hall–Kier alpha value is -2.24. The van der Waals surface area contributed by atoms with Crippen LogP contribution in [0.15, 0.2) is 42.5 Å². The highest BCUT2D eigenvalue weighted by Gasteiger charge is 2.23. The largest absolute Gasteiger partial charge is 0.496 e. The van der Waals surface area contributed by atoms with Crippen LogP contribution in [-0.2, 0) is 6.42 Å². The van der Waals surface area contributed by atoms with Gasteiger partial charge in [-0.1, -0.05) is 30.3 Å². The molecule has 0 aliphatic heterocycles. The van der Waals surface area contributed by atoms with E-state index in [4.69, 9.17) is 19.9 Å². The van der Waals surface area contributed by atoms with E-state index >= 15 is 0 Å². The molecule has 23 heavy (non-hydrogen) atoms. The Bertz CT molecular complexity index is 630. The molecule has 0 saturated carbocycles. The molecule has 5 heteroatoms. The van der Waals surface area contributed by atoms with Crippen molar-refractivity contribution in [2.75, 3.05) is 21.3 Å². The van der Waals surface area contributed by atoms with Crippen LogP contribution in [0, 0.1) is 0 Å². The fraction of sp³-hybridized carbons (Fsp3) is 0.333. The standard InChI is InChI=1S/C18H23NO4/c1-21-15-11-17(23-3)16(22-2)10-13(15)18(19)14(20)9-12-7-5-4-6-8-12/h4-8,10-11,14,18,20H,9,19H2,1-3H3/t14-,18+/m1/s1. The number of hydrogen-bond acceptors (Lipinski definition) is 5. The van der Waals surface area contributed by atoms with Crippen LogP contribution in [0.5, 0.6) is 17.2 Å². The maximum atomic E-state index is 10.5. The van der Waals surface area contributed by atoms with Gasteiger partial charge in [-0.05, 0) is 11.6 Å². The molecule has 0 radical (unpaired) electrons. The number of methoxy groups -OCH3 is 3. The van der Waals surface area contributed by atoms with Gasteiger partial charge in [0.2, 0.25) is 0 Å². The Morgan fingerprint density at radius 1 is 0.913 bits per heavy atom. The molecule has 0 fully saturated rings. The predicted molar refractivity (Wildman–Crippen MR) is 89.2 cm³/mol. The van der Waals surface area contributed by atoms with Gasteiger partial charge in [-0.15, -0.1) is 0 Å². The molecular weight excluding hydrogens is 294 g/mol. The highest BCUT2D eigenvalue weighted by molar-refractivity contribution is 5.52. The van der Waals surface area contributed by atoms with Gasteiger partial charge in [0, 0.05) is 18.1 Å². The summed E-state index contributed by atoms with van der Waals surface area (Å²) in [6.07, 6.45) is -0.288. The van der Waals surface area contributed by atoms with E-state index in [2.05, 4.69) is 0 Å². The Balaban J connectivity index is 2.28. The smallest absolute Gasteiger partial charge is 0.164 e. The average molecular weight is 317 g/mol. The molecular formula is C18H23NO4. The average Bonchev–Trinajstić information content (AvgIpc) is 2.60. The van der Waals surface area contributed by atoms with Gasteiger partial charge < -0.3 is 25.1 Å². The van der Waals surface area contributed by atoms with Gasteiger partial charge in [0.15, 0.2) is 11.5 Å². The van der Waals surface area contributed by atoms with Crippen molar-refractivity contribution >= 4 is 0 Å². The van der Waals surface area contributed by atoms with E-state index in [1.807, 2.05) is 30.3 Å². The second-order valence-corrected chi connectivity index (χ2v) is 5.23. The van der Waals surface area contributed by atoms with Crippen LogP contribution in [0.1, 0.15) is 17.2 Å². The molecule has 2 rings (SSSR count). The van der Waals surface area contributed by atoms with Crippen molar-refractivity contribution in [2.45, 2.75) is 18.6 Å². The van der Waals surface area contributed by atoms with Gasteiger partial charge in [0.1, 0.15) is 5.75 Å². The van der Waals surface area contributed by atoms with E-state index in [-0.39, 0.29) is 0 Å². The van der Waals surface area contributed by atoms with Crippen LogP contribution in [0.3, 0.4) is 0 Å². The van der Waals surface area contributed by atoms with Crippen molar-refractivity contribution in [1.82, 2.24) is 0 Å². The molecule has 124 valence electrons. The number of rotatable bonds is 7. The molecule has 2 aromatic carbocycles. The minimum absolute atomic E-state index is 0.458. The highest BCUT2D eigenvalue weighted by Crippen LogP contribution is 2.37. The first-order valence-corrected chi connectivity index (χ1v) is 7.38. The third-order valence-electron chi connectivity index (χ3n) is 3.80. The summed E-state index contributed by atoms with van der Waals surface area (Å²) in [6, 6.07) is 12.6. The lowest BCUT2D eigenvalue weighted by Crippen LogP contribution is -2.28. The maximum Gasteiger partial charge on any atom is 0.164 e. The van der Waals surface area contributed by atoms with Gasteiger partial charge in [-0.25, -0.2) is 0 Å². The lowest BCUT2D eigenvalue weighted by Gasteiger charge is -2.23. The fourth-order valence-electron chi connectivity index (χ4n) is 2.50. The second-order valence-electron chi connectivity index (χ2n) is 5.23. The molecule has 0 heterocycles. The molecule has 5 nitrogen and oxygen atoms in total. The van der Waals surface area contributed by atoms with Crippen LogP contribution in [0.4, 0.5) is 0 Å². The minimum atomic E-state index is -0.746. The third-order valence-corrected chi connectivity index (χ3v) is 3.80. The Kier molecular flexibility index (Phi) is 5.84. The van der Waals surface area contributed by atoms with E-state index in [1.165, 1.54) is 0 Å². The van der Waals surface area contributed by atoms with E-state index in [1.54, 1.807) is 33.5 Å².